The summed E-state index contributed by atoms with van der Waals surface area (Å²) in [7, 11) is 5.71. The molecule has 5 heteroatoms. The summed E-state index contributed by atoms with van der Waals surface area (Å²) >= 11 is 0. The Morgan fingerprint density at radius 2 is 1.77 bits per heavy atom. The molecule has 5 nitrogen and oxygen atoms in total. The van der Waals surface area contributed by atoms with E-state index in [4.69, 9.17) is 0 Å². The molecule has 1 N–H and O–H groups in total. The van der Waals surface area contributed by atoms with Gasteiger partial charge in [-0.2, -0.15) is 0 Å². The largest absolute Gasteiger partial charge is 0.351 e. The zero-order chi connectivity index (χ0) is 16.5. The Balaban J connectivity index is 2.68. The summed E-state index contributed by atoms with van der Waals surface area (Å²) in [4.78, 5) is 28.1. The molecule has 22 heavy (non-hydrogen) atoms. The number of hydrogen-bond acceptors (Lipinski definition) is 3. The van der Waals surface area contributed by atoms with E-state index >= 15 is 0 Å². The first-order chi connectivity index (χ1) is 10.5. The van der Waals surface area contributed by atoms with E-state index in [0.29, 0.717) is 17.7 Å². The van der Waals surface area contributed by atoms with Crippen molar-refractivity contribution in [2.24, 2.45) is 0 Å². The smallest absolute Gasteiger partial charge is 0.253 e. The molecule has 0 unspecified atom stereocenters. The summed E-state index contributed by atoms with van der Waals surface area (Å²) in [6, 6.07) is 6.90. The van der Waals surface area contributed by atoms with Gasteiger partial charge in [-0.1, -0.05) is 19.4 Å². The summed E-state index contributed by atoms with van der Waals surface area (Å²) < 4.78 is 0. The molecule has 1 rings (SSSR count). The molecule has 0 saturated carbocycles. The molecule has 0 radical (unpaired) electrons. The van der Waals surface area contributed by atoms with E-state index in [1.807, 2.05) is 19.0 Å². The van der Waals surface area contributed by atoms with Crippen LogP contribution in [-0.2, 0) is 0 Å². The van der Waals surface area contributed by atoms with Gasteiger partial charge in [0, 0.05) is 37.8 Å². The van der Waals surface area contributed by atoms with Crippen LogP contribution in [0.4, 0.5) is 0 Å². The van der Waals surface area contributed by atoms with Crippen LogP contribution in [0, 0.1) is 0 Å². The van der Waals surface area contributed by atoms with Gasteiger partial charge in [0.2, 0.25) is 0 Å². The molecular weight excluding hydrogens is 278 g/mol. The fourth-order valence-electron chi connectivity index (χ4n) is 2.01. The van der Waals surface area contributed by atoms with Crippen molar-refractivity contribution in [1.82, 2.24) is 15.1 Å². The monoisotopic (exact) mass is 305 g/mol. The molecule has 0 aliphatic rings. The lowest BCUT2D eigenvalue weighted by molar-refractivity contribution is 0.0793. The van der Waals surface area contributed by atoms with Gasteiger partial charge in [-0.25, -0.2) is 0 Å². The third-order valence-electron chi connectivity index (χ3n) is 3.41. The maximum atomic E-state index is 12.3. The normalized spacial score (nSPS) is 10.6. The van der Waals surface area contributed by atoms with Crippen LogP contribution in [0.15, 0.2) is 24.3 Å². The van der Waals surface area contributed by atoms with Crippen LogP contribution in [0.3, 0.4) is 0 Å². The SMILES string of the molecule is CCCCN(C)C(=O)c1cccc(C(=O)NCCN(C)C)c1. The van der Waals surface area contributed by atoms with Crippen molar-refractivity contribution in [2.75, 3.05) is 40.8 Å². The number of amides is 2. The van der Waals surface area contributed by atoms with Crippen molar-refractivity contribution in [3.63, 3.8) is 0 Å². The Kier molecular flexibility index (Phi) is 7.60. The van der Waals surface area contributed by atoms with E-state index in [0.717, 1.165) is 25.9 Å². The Morgan fingerprint density at radius 1 is 1.09 bits per heavy atom. The minimum absolute atomic E-state index is 0.0450. The predicted molar refractivity (Wildman–Crippen MR) is 89.2 cm³/mol. The molecule has 0 atom stereocenters. The third-order valence-corrected chi connectivity index (χ3v) is 3.41. The molecule has 0 bridgehead atoms. The first-order valence-corrected chi connectivity index (χ1v) is 7.74. The lowest BCUT2D eigenvalue weighted by atomic mass is 10.1. The molecule has 0 aliphatic heterocycles. The number of rotatable bonds is 8. The lowest BCUT2D eigenvalue weighted by Crippen LogP contribution is -2.32. The quantitative estimate of drug-likeness (QED) is 0.797. The van der Waals surface area contributed by atoms with Crippen molar-refractivity contribution in [1.29, 1.82) is 0 Å². The predicted octanol–water partition coefficient (Wildman–Crippen LogP) is 1.85. The number of benzene rings is 1. The summed E-state index contributed by atoms with van der Waals surface area (Å²) in [5.74, 6) is -0.191. The van der Waals surface area contributed by atoms with E-state index < -0.39 is 0 Å². The average Bonchev–Trinajstić information content (AvgIpc) is 2.51. The van der Waals surface area contributed by atoms with E-state index in [1.165, 1.54) is 0 Å². The Bertz CT molecular complexity index is 500. The van der Waals surface area contributed by atoms with Crippen LogP contribution in [0.1, 0.15) is 40.5 Å². The molecule has 0 aromatic heterocycles. The van der Waals surface area contributed by atoms with Crippen LogP contribution in [0.5, 0.6) is 0 Å². The number of nitrogens with zero attached hydrogens (tertiary/aromatic N) is 2. The highest BCUT2D eigenvalue weighted by atomic mass is 16.2. The second-order valence-electron chi connectivity index (χ2n) is 5.72. The summed E-state index contributed by atoms with van der Waals surface area (Å²) in [5, 5.41) is 2.85. The number of hydrogen-bond donors (Lipinski definition) is 1. The number of carbonyl (C=O) groups is 2. The second kappa shape index (κ2) is 9.20. The fourth-order valence-corrected chi connectivity index (χ4v) is 2.01. The topological polar surface area (TPSA) is 52.7 Å². The molecule has 0 heterocycles. The number of nitrogens with one attached hydrogen (secondary N) is 1. The molecule has 122 valence electrons. The zero-order valence-corrected chi connectivity index (χ0v) is 14.1. The van der Waals surface area contributed by atoms with Gasteiger partial charge in [0.25, 0.3) is 11.8 Å². The first-order valence-electron chi connectivity index (χ1n) is 7.74. The summed E-state index contributed by atoms with van der Waals surface area (Å²) in [6.45, 7) is 4.19. The Hall–Kier alpha value is -1.88. The van der Waals surface area contributed by atoms with Crippen LogP contribution < -0.4 is 5.32 Å². The molecule has 0 saturated heterocycles. The molecule has 1 aromatic carbocycles. The third kappa shape index (κ3) is 5.85. The molecule has 1 aromatic rings. The Morgan fingerprint density at radius 3 is 2.41 bits per heavy atom. The maximum absolute atomic E-state index is 12.3. The maximum Gasteiger partial charge on any atom is 0.253 e. The highest BCUT2D eigenvalue weighted by Crippen LogP contribution is 2.08. The van der Waals surface area contributed by atoms with Crippen LogP contribution in [0.2, 0.25) is 0 Å². The van der Waals surface area contributed by atoms with E-state index in [9.17, 15) is 9.59 Å². The minimum atomic E-state index is -0.146. The van der Waals surface area contributed by atoms with Gasteiger partial charge in [0.1, 0.15) is 0 Å². The van der Waals surface area contributed by atoms with Crippen LogP contribution in [0.25, 0.3) is 0 Å². The number of unbranched alkanes of at least 4 members (excludes halogenated alkanes) is 1. The fraction of sp³-hybridized carbons (Fsp3) is 0.529. The van der Waals surface area contributed by atoms with E-state index in [1.54, 1.807) is 36.2 Å². The van der Waals surface area contributed by atoms with Gasteiger partial charge in [0.05, 0.1) is 0 Å². The lowest BCUT2D eigenvalue weighted by Gasteiger charge is -2.17. The highest BCUT2D eigenvalue weighted by Gasteiger charge is 2.13. The van der Waals surface area contributed by atoms with Gasteiger partial charge >= 0.3 is 0 Å². The molecular formula is C17H27N3O2. The minimum Gasteiger partial charge on any atom is -0.351 e. The zero-order valence-electron chi connectivity index (χ0n) is 14.1. The second-order valence-corrected chi connectivity index (χ2v) is 5.72. The van der Waals surface area contributed by atoms with Gasteiger partial charge in [-0.05, 0) is 38.7 Å². The molecule has 2 amide bonds. The number of likely N-dealkylation sites (N-methyl/N-ethyl adjacent to an activating group) is 1. The highest BCUT2D eigenvalue weighted by molar-refractivity contribution is 5.99. The van der Waals surface area contributed by atoms with Gasteiger partial charge in [-0.15, -0.1) is 0 Å². The van der Waals surface area contributed by atoms with Crippen LogP contribution >= 0.6 is 0 Å². The summed E-state index contributed by atoms with van der Waals surface area (Å²) in [5.41, 5.74) is 1.08. The standard InChI is InChI=1S/C17H27N3O2/c1-5-6-11-20(4)17(22)15-9-7-8-14(13-15)16(21)18-10-12-19(2)3/h7-9,13H,5-6,10-12H2,1-4H3,(H,18,21). The van der Waals surface area contributed by atoms with E-state index in [2.05, 4.69) is 12.2 Å². The molecule has 0 aliphatic carbocycles. The first kappa shape index (κ1) is 18.2. The summed E-state index contributed by atoms with van der Waals surface area (Å²) in [6.07, 6.45) is 2.03. The molecule has 0 fully saturated rings. The van der Waals surface area contributed by atoms with Gasteiger partial charge < -0.3 is 15.1 Å². The van der Waals surface area contributed by atoms with E-state index in [-0.39, 0.29) is 11.8 Å². The Labute approximate surface area is 133 Å². The van der Waals surface area contributed by atoms with Gasteiger partial charge in [0.15, 0.2) is 0 Å². The van der Waals surface area contributed by atoms with Crippen molar-refractivity contribution in [3.8, 4) is 0 Å². The van der Waals surface area contributed by atoms with Crippen molar-refractivity contribution in [3.05, 3.63) is 35.4 Å². The van der Waals surface area contributed by atoms with Crippen molar-refractivity contribution in [2.45, 2.75) is 19.8 Å². The number of carbonyl (C=O) groups excluding carboxylic acids is 2. The van der Waals surface area contributed by atoms with Crippen molar-refractivity contribution >= 4 is 11.8 Å². The molecule has 0 spiro atoms. The van der Waals surface area contributed by atoms with Crippen molar-refractivity contribution < 1.29 is 9.59 Å². The van der Waals surface area contributed by atoms with Crippen LogP contribution in [-0.4, -0.2) is 62.4 Å². The average molecular weight is 305 g/mol. The van der Waals surface area contributed by atoms with Gasteiger partial charge in [-0.3, -0.25) is 9.59 Å².